The van der Waals surface area contributed by atoms with E-state index in [1.54, 1.807) is 24.3 Å². The van der Waals surface area contributed by atoms with E-state index in [-0.39, 0.29) is 0 Å². The summed E-state index contributed by atoms with van der Waals surface area (Å²) in [6.45, 7) is 16.3. The Labute approximate surface area is 111 Å². The molecule has 0 aromatic rings. The molecule has 102 valence electrons. The molecule has 0 radical (unpaired) electrons. The second-order valence-corrected chi connectivity index (χ2v) is 2.70. The first-order valence-electron chi connectivity index (χ1n) is 6.38. The van der Waals surface area contributed by atoms with Gasteiger partial charge in [-0.1, -0.05) is 53.0 Å². The van der Waals surface area contributed by atoms with Crippen LogP contribution in [-0.4, -0.2) is 19.0 Å². The molecule has 1 aliphatic heterocycles. The van der Waals surface area contributed by atoms with E-state index in [0.717, 1.165) is 5.57 Å². The zero-order chi connectivity index (χ0) is 14.4. The van der Waals surface area contributed by atoms with Gasteiger partial charge in [0.25, 0.3) is 0 Å². The van der Waals surface area contributed by atoms with Crippen LogP contribution in [0.15, 0.2) is 53.8 Å². The Kier molecular flexibility index (Phi) is 13.7. The number of aliphatic imine (C=N–C) groups is 1. The summed E-state index contributed by atoms with van der Waals surface area (Å²) in [7, 11) is 0. The van der Waals surface area contributed by atoms with Crippen LogP contribution in [0.3, 0.4) is 0 Å². The first-order valence-corrected chi connectivity index (χ1v) is 6.38. The van der Waals surface area contributed by atoms with E-state index >= 15 is 0 Å². The third-order valence-electron chi connectivity index (χ3n) is 1.73. The molecular weight excluding hydrogens is 224 g/mol. The molecule has 0 atom stereocenters. The van der Waals surface area contributed by atoms with Gasteiger partial charge < -0.3 is 10.5 Å². The minimum atomic E-state index is 0.482. The van der Waals surface area contributed by atoms with E-state index in [2.05, 4.69) is 18.2 Å². The number of nitrogens with zero attached hydrogens (tertiary/aromatic N) is 1. The van der Waals surface area contributed by atoms with Crippen molar-refractivity contribution < 1.29 is 4.74 Å². The lowest BCUT2D eigenvalue weighted by atomic mass is 10.1. The molecule has 1 heterocycles. The summed E-state index contributed by atoms with van der Waals surface area (Å²) in [6.07, 6.45) is 6.86. The van der Waals surface area contributed by atoms with Crippen molar-refractivity contribution in [2.24, 2.45) is 10.7 Å². The molecule has 3 heteroatoms. The summed E-state index contributed by atoms with van der Waals surface area (Å²) < 4.78 is 5.46. The van der Waals surface area contributed by atoms with Crippen LogP contribution in [-0.2, 0) is 4.74 Å². The molecule has 0 spiro atoms. The number of ether oxygens (including phenoxy) is 1. The zero-order valence-electron chi connectivity index (χ0n) is 12.1. The maximum atomic E-state index is 5.76. The van der Waals surface area contributed by atoms with Crippen LogP contribution in [0.4, 0.5) is 0 Å². The molecule has 0 bridgehead atoms. The fourth-order valence-electron chi connectivity index (χ4n) is 1.14. The Morgan fingerprint density at radius 2 is 1.67 bits per heavy atom. The smallest absolute Gasteiger partial charge is 0.130 e. The maximum Gasteiger partial charge on any atom is 0.130 e. The van der Waals surface area contributed by atoms with Crippen molar-refractivity contribution in [3.8, 4) is 0 Å². The largest absolute Gasteiger partial charge is 0.491 e. The predicted octanol–water partition coefficient (Wildman–Crippen LogP) is 3.61. The Morgan fingerprint density at radius 3 is 2.17 bits per heavy atom. The Morgan fingerprint density at radius 1 is 1.11 bits per heavy atom. The lowest BCUT2D eigenvalue weighted by Crippen LogP contribution is -2.15. The van der Waals surface area contributed by atoms with E-state index in [4.69, 9.17) is 10.5 Å². The molecule has 0 aromatic heterocycles. The number of amidine groups is 1. The zero-order valence-corrected chi connectivity index (χ0v) is 12.1. The molecule has 0 saturated carbocycles. The maximum absolute atomic E-state index is 5.76. The summed E-state index contributed by atoms with van der Waals surface area (Å²) in [5, 5.41) is 0. The summed E-state index contributed by atoms with van der Waals surface area (Å²) >= 11 is 0. The summed E-state index contributed by atoms with van der Waals surface area (Å²) in [6, 6.07) is 0. The number of hydrogen-bond acceptors (Lipinski definition) is 3. The van der Waals surface area contributed by atoms with E-state index in [1.807, 2.05) is 27.7 Å². The van der Waals surface area contributed by atoms with Crippen LogP contribution < -0.4 is 5.73 Å². The molecule has 0 aromatic carbocycles. The van der Waals surface area contributed by atoms with Crippen molar-refractivity contribution in [3.63, 3.8) is 0 Å². The minimum absolute atomic E-state index is 0.482. The van der Waals surface area contributed by atoms with E-state index in [9.17, 15) is 0 Å². The number of rotatable bonds is 2. The van der Waals surface area contributed by atoms with Crippen LogP contribution in [0.1, 0.15) is 27.7 Å². The van der Waals surface area contributed by atoms with E-state index in [1.165, 1.54) is 0 Å². The molecule has 0 fully saturated rings. The van der Waals surface area contributed by atoms with Gasteiger partial charge in [0.15, 0.2) is 0 Å². The highest BCUT2D eigenvalue weighted by Gasteiger charge is 2.12. The molecular formula is C15H26N2O. The minimum Gasteiger partial charge on any atom is -0.491 e. The summed E-state index contributed by atoms with van der Waals surface area (Å²) in [5.41, 5.74) is 6.53. The Hall–Kier alpha value is -1.77. The molecule has 1 rings (SSSR count). The average molecular weight is 250 g/mol. The number of allylic oxidation sites excluding steroid dienone is 4. The third kappa shape index (κ3) is 6.74. The molecule has 1 aliphatic rings. The van der Waals surface area contributed by atoms with Gasteiger partial charge in [-0.25, -0.2) is 0 Å². The van der Waals surface area contributed by atoms with Crippen LogP contribution >= 0.6 is 0 Å². The molecule has 2 N–H and O–H groups in total. The summed E-state index contributed by atoms with van der Waals surface area (Å²) in [4.78, 5) is 4.13. The Bertz CT molecular complexity index is 325. The molecule has 0 unspecified atom stereocenters. The number of nitrogens with two attached hydrogens (primary N) is 1. The van der Waals surface area contributed by atoms with Crippen molar-refractivity contribution in [3.05, 3.63) is 48.8 Å². The monoisotopic (exact) mass is 250 g/mol. The Balaban J connectivity index is 0. The molecule has 18 heavy (non-hydrogen) atoms. The predicted molar refractivity (Wildman–Crippen MR) is 81.7 cm³/mol. The second-order valence-electron chi connectivity index (χ2n) is 2.70. The highest BCUT2D eigenvalue weighted by molar-refractivity contribution is 6.01. The van der Waals surface area contributed by atoms with Crippen LogP contribution in [0, 0.1) is 0 Å². The van der Waals surface area contributed by atoms with Gasteiger partial charge in [-0.05, 0) is 12.2 Å². The van der Waals surface area contributed by atoms with Crippen LogP contribution in [0.5, 0.6) is 0 Å². The quantitative estimate of drug-likeness (QED) is 0.814. The van der Waals surface area contributed by atoms with Crippen molar-refractivity contribution in [2.45, 2.75) is 27.7 Å². The highest BCUT2D eigenvalue weighted by atomic mass is 16.5. The molecule has 0 amide bonds. The first-order chi connectivity index (χ1) is 8.79. The van der Waals surface area contributed by atoms with Gasteiger partial charge in [-0.2, -0.15) is 0 Å². The van der Waals surface area contributed by atoms with Gasteiger partial charge in [0, 0.05) is 0 Å². The van der Waals surface area contributed by atoms with Crippen molar-refractivity contribution >= 4 is 5.84 Å². The van der Waals surface area contributed by atoms with Gasteiger partial charge >= 0.3 is 0 Å². The normalized spacial score (nSPS) is 18.1. The van der Waals surface area contributed by atoms with Gasteiger partial charge in [0.1, 0.15) is 18.2 Å². The van der Waals surface area contributed by atoms with Crippen molar-refractivity contribution in [2.75, 3.05) is 13.2 Å². The fraction of sp³-hybridized carbons (Fsp3) is 0.400. The number of hydrogen-bond donors (Lipinski definition) is 1. The summed E-state index contributed by atoms with van der Waals surface area (Å²) in [5.74, 6) is 1.18. The second kappa shape index (κ2) is 13.3. The fourth-order valence-corrected chi connectivity index (χ4v) is 1.14. The lowest BCUT2D eigenvalue weighted by Gasteiger charge is -2.07. The van der Waals surface area contributed by atoms with Gasteiger partial charge in [-0.3, -0.25) is 4.99 Å². The highest BCUT2D eigenvalue weighted by Crippen LogP contribution is 2.15. The van der Waals surface area contributed by atoms with Crippen LogP contribution in [0.2, 0.25) is 0 Å². The SMILES string of the molecule is C=C/C=C1/C(N)=NCCO/C1=C/C=C.CC.CC. The van der Waals surface area contributed by atoms with Crippen molar-refractivity contribution in [1.82, 2.24) is 0 Å². The topological polar surface area (TPSA) is 47.6 Å². The van der Waals surface area contributed by atoms with Gasteiger partial charge in [0.05, 0.1) is 12.1 Å². The first kappa shape index (κ1) is 18.6. The molecule has 3 nitrogen and oxygen atoms in total. The average Bonchev–Trinajstić information content (AvgIpc) is 2.59. The lowest BCUT2D eigenvalue weighted by molar-refractivity contribution is 0.235. The van der Waals surface area contributed by atoms with Gasteiger partial charge in [-0.15, -0.1) is 0 Å². The van der Waals surface area contributed by atoms with Gasteiger partial charge in [0.2, 0.25) is 0 Å². The molecule has 0 saturated heterocycles. The molecule has 0 aliphatic carbocycles. The van der Waals surface area contributed by atoms with Crippen LogP contribution in [0.25, 0.3) is 0 Å². The van der Waals surface area contributed by atoms with Crippen molar-refractivity contribution in [1.29, 1.82) is 0 Å². The van der Waals surface area contributed by atoms with E-state index < -0.39 is 0 Å². The third-order valence-corrected chi connectivity index (χ3v) is 1.73. The van der Waals surface area contributed by atoms with E-state index in [0.29, 0.717) is 24.7 Å². The standard InChI is InChI=1S/C11H14N2O.2C2H6/c1-3-5-9-10(6-4-2)14-8-7-13-11(9)12;2*1-2/h3-6H,1-2,7-8H2,(H2,12,13);2*1-2H3/b9-5+,10-6+;;.